The van der Waals surface area contributed by atoms with E-state index in [0.29, 0.717) is 34.4 Å². The molecule has 5 rings (SSSR count). The molecule has 2 saturated carbocycles. The van der Waals surface area contributed by atoms with Crippen LogP contribution in [-0.2, 0) is 0 Å². The van der Waals surface area contributed by atoms with Crippen LogP contribution in [0.5, 0.6) is 11.5 Å². The molecule has 2 fully saturated rings. The smallest absolute Gasteiger partial charge is 0.182 e. The molecule has 0 N–H and O–H groups in total. The summed E-state index contributed by atoms with van der Waals surface area (Å²) in [6, 6.07) is 7.05. The van der Waals surface area contributed by atoms with Crippen molar-refractivity contribution in [2.45, 2.75) is 51.9 Å². The van der Waals surface area contributed by atoms with Crippen molar-refractivity contribution in [2.75, 3.05) is 13.2 Å². The number of thiophene rings is 1. The third-order valence-electron chi connectivity index (χ3n) is 6.81. The predicted molar refractivity (Wildman–Crippen MR) is 119 cm³/mol. The third kappa shape index (κ3) is 3.89. The highest BCUT2D eigenvalue weighted by atomic mass is 32.1. The largest absolute Gasteiger partial charge is 0.490 e. The summed E-state index contributed by atoms with van der Waals surface area (Å²) >= 11 is 1.15. The van der Waals surface area contributed by atoms with E-state index in [0.717, 1.165) is 53.7 Å². The van der Waals surface area contributed by atoms with Gasteiger partial charge in [0.15, 0.2) is 23.1 Å². The summed E-state index contributed by atoms with van der Waals surface area (Å²) in [4.78, 5) is 0. The minimum atomic E-state index is -0.385. The van der Waals surface area contributed by atoms with Gasteiger partial charge in [-0.3, -0.25) is 0 Å². The molecule has 160 valence electrons. The number of benzene rings is 2. The van der Waals surface area contributed by atoms with Gasteiger partial charge in [0.25, 0.3) is 0 Å². The molecule has 0 spiro atoms. The molecular weight excluding hydrogens is 402 g/mol. The number of rotatable bonds is 7. The number of halogens is 2. The fourth-order valence-corrected chi connectivity index (χ4v) is 5.69. The molecule has 0 bridgehead atoms. The zero-order chi connectivity index (χ0) is 20.7. The average Bonchev–Trinajstić information content (AvgIpc) is 3.52. The average molecular weight is 431 g/mol. The van der Waals surface area contributed by atoms with Crippen molar-refractivity contribution in [3.05, 3.63) is 35.9 Å². The quantitative estimate of drug-likeness (QED) is 0.382. The first-order chi connectivity index (χ1) is 14.6. The molecule has 0 aliphatic heterocycles. The number of fused-ring (bicyclic) bond motifs is 3. The molecule has 2 aromatic carbocycles. The monoisotopic (exact) mass is 430 g/mol. The Kier molecular flexibility index (Phi) is 5.57. The first-order valence-electron chi connectivity index (χ1n) is 11.2. The van der Waals surface area contributed by atoms with Crippen LogP contribution in [0.1, 0.15) is 51.9 Å². The van der Waals surface area contributed by atoms with Crippen molar-refractivity contribution >= 4 is 31.5 Å². The standard InChI is InChI=1S/C25H28F2O2S/c1-2-15-3-5-16(6-4-15)13-28-20-11-9-18-19-10-12-21(29-14-17-7-8-17)23(27)25(19)30-24(18)22(20)26/h9-12,15-17H,2-8,13-14H2,1H3. The molecule has 2 nitrogen and oxygen atoms in total. The van der Waals surface area contributed by atoms with Crippen LogP contribution in [0.25, 0.3) is 20.2 Å². The van der Waals surface area contributed by atoms with E-state index < -0.39 is 0 Å². The van der Waals surface area contributed by atoms with Crippen LogP contribution in [0.15, 0.2) is 24.3 Å². The first kappa shape index (κ1) is 20.0. The number of hydrogen-bond acceptors (Lipinski definition) is 3. The Morgan fingerprint density at radius 1 is 0.733 bits per heavy atom. The maximum atomic E-state index is 15.2. The van der Waals surface area contributed by atoms with Crippen molar-refractivity contribution in [1.29, 1.82) is 0 Å². The molecule has 0 unspecified atom stereocenters. The van der Waals surface area contributed by atoms with Crippen LogP contribution in [0.3, 0.4) is 0 Å². The van der Waals surface area contributed by atoms with Gasteiger partial charge in [0.1, 0.15) is 0 Å². The minimum Gasteiger partial charge on any atom is -0.490 e. The van der Waals surface area contributed by atoms with Gasteiger partial charge >= 0.3 is 0 Å². The fourth-order valence-electron chi connectivity index (χ4n) is 4.53. The van der Waals surface area contributed by atoms with Gasteiger partial charge in [-0.1, -0.05) is 26.2 Å². The first-order valence-corrected chi connectivity index (χ1v) is 12.0. The summed E-state index contributed by atoms with van der Waals surface area (Å²) in [6.45, 7) is 3.36. The molecule has 5 heteroatoms. The summed E-state index contributed by atoms with van der Waals surface area (Å²) in [5.74, 6) is 1.66. The highest BCUT2D eigenvalue weighted by Crippen LogP contribution is 2.42. The summed E-state index contributed by atoms with van der Waals surface area (Å²) in [5, 5.41) is 1.46. The SMILES string of the molecule is CCC1CCC(COc2ccc3c(sc4c(F)c(OCC5CC5)ccc43)c2F)CC1. The Hall–Kier alpha value is -1.88. The van der Waals surface area contributed by atoms with Crippen LogP contribution < -0.4 is 9.47 Å². The molecule has 1 heterocycles. The molecule has 0 amide bonds. The molecular formula is C25H28F2O2S. The predicted octanol–water partition coefficient (Wildman–Crippen LogP) is 7.72. The Bertz CT molecular complexity index is 1050. The van der Waals surface area contributed by atoms with Gasteiger partial charge in [0.2, 0.25) is 0 Å². The molecule has 0 saturated heterocycles. The van der Waals surface area contributed by atoms with Crippen LogP contribution in [0.4, 0.5) is 8.78 Å². The summed E-state index contributed by atoms with van der Waals surface area (Å²) in [5.41, 5.74) is 0. The van der Waals surface area contributed by atoms with Gasteiger partial charge in [-0.2, -0.15) is 0 Å². The highest BCUT2D eigenvalue weighted by Gasteiger charge is 2.24. The maximum absolute atomic E-state index is 15.2. The van der Waals surface area contributed by atoms with Crippen molar-refractivity contribution in [3.8, 4) is 11.5 Å². The Morgan fingerprint density at radius 3 is 1.60 bits per heavy atom. The van der Waals surface area contributed by atoms with Gasteiger partial charge < -0.3 is 9.47 Å². The number of hydrogen-bond donors (Lipinski definition) is 0. The molecule has 2 aliphatic rings. The Morgan fingerprint density at radius 2 is 1.17 bits per heavy atom. The molecule has 0 atom stereocenters. The second kappa shape index (κ2) is 8.33. The van der Waals surface area contributed by atoms with Crippen LogP contribution in [0, 0.1) is 29.4 Å². The van der Waals surface area contributed by atoms with E-state index >= 15 is 4.39 Å². The lowest BCUT2D eigenvalue weighted by atomic mass is 9.81. The maximum Gasteiger partial charge on any atom is 0.182 e. The van der Waals surface area contributed by atoms with Gasteiger partial charge in [-0.15, -0.1) is 11.3 Å². The van der Waals surface area contributed by atoms with Crippen molar-refractivity contribution < 1.29 is 18.3 Å². The van der Waals surface area contributed by atoms with Crippen LogP contribution in [-0.4, -0.2) is 13.2 Å². The van der Waals surface area contributed by atoms with E-state index in [9.17, 15) is 4.39 Å². The van der Waals surface area contributed by atoms with Crippen LogP contribution in [0.2, 0.25) is 0 Å². The molecule has 30 heavy (non-hydrogen) atoms. The third-order valence-corrected chi connectivity index (χ3v) is 8.01. The van der Waals surface area contributed by atoms with Crippen molar-refractivity contribution in [3.63, 3.8) is 0 Å². The normalized spacial score (nSPS) is 22.0. The van der Waals surface area contributed by atoms with Crippen molar-refractivity contribution in [1.82, 2.24) is 0 Å². The van der Waals surface area contributed by atoms with Crippen LogP contribution >= 0.6 is 11.3 Å². The minimum absolute atomic E-state index is 0.264. The summed E-state index contributed by atoms with van der Waals surface area (Å²) in [7, 11) is 0. The van der Waals surface area contributed by atoms with E-state index in [1.54, 1.807) is 12.1 Å². The number of ether oxygens (including phenoxy) is 2. The summed E-state index contributed by atoms with van der Waals surface area (Å²) in [6.07, 6.45) is 8.34. The van der Waals surface area contributed by atoms with Gasteiger partial charge in [0, 0.05) is 10.8 Å². The lowest BCUT2D eigenvalue weighted by molar-refractivity contribution is 0.177. The van der Waals surface area contributed by atoms with Crippen molar-refractivity contribution in [2.24, 2.45) is 17.8 Å². The zero-order valence-electron chi connectivity index (χ0n) is 17.4. The molecule has 0 radical (unpaired) electrons. The second-order valence-electron chi connectivity index (χ2n) is 8.97. The lowest BCUT2D eigenvalue weighted by Gasteiger charge is -2.27. The van der Waals surface area contributed by atoms with Gasteiger partial charge in [-0.25, -0.2) is 8.78 Å². The summed E-state index contributed by atoms with van der Waals surface area (Å²) < 4.78 is 42.6. The highest BCUT2D eigenvalue weighted by molar-refractivity contribution is 7.25. The van der Waals surface area contributed by atoms with Gasteiger partial charge in [-0.05, 0) is 67.7 Å². The topological polar surface area (TPSA) is 18.5 Å². The fraction of sp³-hybridized carbons (Fsp3) is 0.520. The Balaban J connectivity index is 1.36. The molecule has 3 aromatic rings. The van der Waals surface area contributed by atoms with E-state index in [-0.39, 0.29) is 23.1 Å². The second-order valence-corrected chi connectivity index (χ2v) is 9.99. The molecule has 2 aliphatic carbocycles. The van der Waals surface area contributed by atoms with E-state index in [2.05, 4.69) is 6.92 Å². The molecule has 1 aromatic heterocycles. The van der Waals surface area contributed by atoms with E-state index in [1.807, 2.05) is 12.1 Å². The van der Waals surface area contributed by atoms with Gasteiger partial charge in [0.05, 0.1) is 22.6 Å². The van der Waals surface area contributed by atoms with E-state index in [1.165, 1.54) is 19.3 Å². The van der Waals surface area contributed by atoms with E-state index in [4.69, 9.17) is 9.47 Å². The lowest BCUT2D eigenvalue weighted by Crippen LogP contribution is -2.20. The Labute approximate surface area is 180 Å². The zero-order valence-corrected chi connectivity index (χ0v) is 18.2.